The quantitative estimate of drug-likeness (QED) is 0.0345. The summed E-state index contributed by atoms with van der Waals surface area (Å²) in [6.07, 6.45) is 46.6. The van der Waals surface area contributed by atoms with Crippen molar-refractivity contribution < 1.29 is 28.6 Å². The highest BCUT2D eigenvalue weighted by atomic mass is 16.6. The Morgan fingerprint density at radius 2 is 0.644 bits per heavy atom. The van der Waals surface area contributed by atoms with E-state index in [9.17, 15) is 14.4 Å². The number of esters is 3. The van der Waals surface area contributed by atoms with Gasteiger partial charge in [-0.25, -0.2) is 0 Å². The van der Waals surface area contributed by atoms with Crippen molar-refractivity contribution in [1.82, 2.24) is 0 Å². The average Bonchev–Trinajstić information content (AvgIpc) is 3.22. The van der Waals surface area contributed by atoms with Crippen molar-refractivity contribution >= 4 is 17.9 Å². The minimum Gasteiger partial charge on any atom is -0.462 e. The van der Waals surface area contributed by atoms with Crippen LogP contribution in [-0.2, 0) is 28.6 Å². The molecule has 59 heavy (non-hydrogen) atoms. The number of unbranched alkanes of at least 4 members (excludes halogenated alkanes) is 31. The number of hydrogen-bond donors (Lipinski definition) is 0. The van der Waals surface area contributed by atoms with Gasteiger partial charge in [0.2, 0.25) is 0 Å². The average molecular weight is 835 g/mol. The first-order chi connectivity index (χ1) is 28.8. The van der Waals surface area contributed by atoms with E-state index in [0.717, 1.165) is 69.6 Å². The Bertz CT molecular complexity index is 902. The second-order valence-electron chi connectivity index (χ2n) is 18.9. The van der Waals surface area contributed by atoms with Crippen molar-refractivity contribution in [3.05, 3.63) is 0 Å². The van der Waals surface area contributed by atoms with Gasteiger partial charge in [0.05, 0.1) is 0 Å². The summed E-state index contributed by atoms with van der Waals surface area (Å²) in [5.41, 5.74) is 0. The molecule has 0 rings (SSSR count). The molecule has 6 heteroatoms. The second kappa shape index (κ2) is 45.9. The zero-order valence-electron chi connectivity index (χ0n) is 40.4. The van der Waals surface area contributed by atoms with E-state index in [0.29, 0.717) is 19.3 Å². The predicted octanol–water partition coefficient (Wildman–Crippen LogP) is 16.9. The second-order valence-corrected chi connectivity index (χ2v) is 18.9. The molecule has 0 aliphatic carbocycles. The number of hydrogen-bond acceptors (Lipinski definition) is 6. The number of rotatable bonds is 47. The fourth-order valence-corrected chi connectivity index (χ4v) is 7.96. The van der Waals surface area contributed by atoms with Crippen LogP contribution in [0.5, 0.6) is 0 Å². The minimum absolute atomic E-state index is 0.0642. The molecule has 0 aromatic rings. The van der Waals surface area contributed by atoms with Crippen molar-refractivity contribution in [2.45, 2.75) is 298 Å². The van der Waals surface area contributed by atoms with Gasteiger partial charge in [0.1, 0.15) is 13.2 Å². The van der Waals surface area contributed by atoms with Gasteiger partial charge < -0.3 is 14.2 Å². The largest absolute Gasteiger partial charge is 0.462 e. The molecule has 0 fully saturated rings. The fraction of sp³-hybridized carbons (Fsp3) is 0.943. The van der Waals surface area contributed by atoms with Crippen molar-refractivity contribution in [1.29, 1.82) is 0 Å². The maximum Gasteiger partial charge on any atom is 0.306 e. The molecule has 0 N–H and O–H groups in total. The summed E-state index contributed by atoms with van der Waals surface area (Å²) in [4.78, 5) is 37.9. The molecule has 0 aliphatic rings. The number of carbonyl (C=O) groups is 3. The topological polar surface area (TPSA) is 78.9 Å². The van der Waals surface area contributed by atoms with Crippen LogP contribution in [0.3, 0.4) is 0 Å². The van der Waals surface area contributed by atoms with Gasteiger partial charge in [0, 0.05) is 19.3 Å². The predicted molar refractivity (Wildman–Crippen MR) is 252 cm³/mol. The van der Waals surface area contributed by atoms with Gasteiger partial charge >= 0.3 is 17.9 Å². The van der Waals surface area contributed by atoms with Crippen molar-refractivity contribution in [3.63, 3.8) is 0 Å². The molecule has 0 spiro atoms. The van der Waals surface area contributed by atoms with E-state index in [1.807, 2.05) is 0 Å². The van der Waals surface area contributed by atoms with Crippen LogP contribution in [0.1, 0.15) is 291 Å². The van der Waals surface area contributed by atoms with E-state index in [2.05, 4.69) is 34.6 Å². The summed E-state index contributed by atoms with van der Waals surface area (Å²) in [6.45, 7) is 11.4. The Morgan fingerprint density at radius 3 is 0.966 bits per heavy atom. The molecule has 0 aromatic carbocycles. The van der Waals surface area contributed by atoms with Gasteiger partial charge in [-0.05, 0) is 31.1 Å². The molecular weight excluding hydrogens is 733 g/mol. The van der Waals surface area contributed by atoms with Gasteiger partial charge in [0.25, 0.3) is 0 Å². The third kappa shape index (κ3) is 45.8. The molecular formula is C53H102O6. The zero-order chi connectivity index (χ0) is 43.3. The first-order valence-corrected chi connectivity index (χ1v) is 26.3. The Morgan fingerprint density at radius 1 is 0.356 bits per heavy atom. The Kier molecular flexibility index (Phi) is 44.7. The van der Waals surface area contributed by atoms with Crippen LogP contribution in [0.4, 0.5) is 0 Å². The summed E-state index contributed by atoms with van der Waals surface area (Å²) < 4.78 is 16.8. The standard InChI is InChI=1S/C53H102O6/c1-6-8-9-10-11-12-13-21-24-27-33-38-43-51(54)57-46-50(47-58-52(55)44-39-34-30-29-32-37-42-49(5)7-2)59-53(56)45-40-35-28-25-22-19-17-15-14-16-18-20-23-26-31-36-41-48(3)4/h48-50H,6-47H2,1-5H3/t49?,50-/m1/s1. The smallest absolute Gasteiger partial charge is 0.306 e. The molecule has 0 radical (unpaired) electrons. The van der Waals surface area contributed by atoms with Gasteiger partial charge in [-0.2, -0.15) is 0 Å². The SMILES string of the molecule is CCCCCCCCCCCCCCC(=O)OC[C@H](COC(=O)CCCCCCCCC(C)CC)OC(=O)CCCCCCCCCCCCCCCCCCC(C)C. The van der Waals surface area contributed by atoms with Crippen molar-refractivity contribution in [2.24, 2.45) is 11.8 Å². The van der Waals surface area contributed by atoms with Crippen LogP contribution < -0.4 is 0 Å². The molecule has 0 saturated heterocycles. The lowest BCUT2D eigenvalue weighted by atomic mass is 10.00. The summed E-state index contributed by atoms with van der Waals surface area (Å²) in [5.74, 6) is 0.816. The van der Waals surface area contributed by atoms with Crippen molar-refractivity contribution in [2.75, 3.05) is 13.2 Å². The van der Waals surface area contributed by atoms with Gasteiger partial charge in [0.15, 0.2) is 6.10 Å². The van der Waals surface area contributed by atoms with Crippen LogP contribution in [0.2, 0.25) is 0 Å². The molecule has 0 heterocycles. The van der Waals surface area contributed by atoms with E-state index in [1.54, 1.807) is 0 Å². The van der Waals surface area contributed by atoms with E-state index in [-0.39, 0.29) is 31.1 Å². The Balaban J connectivity index is 4.26. The first kappa shape index (κ1) is 57.4. The van der Waals surface area contributed by atoms with Gasteiger partial charge in [-0.1, -0.05) is 253 Å². The van der Waals surface area contributed by atoms with Crippen LogP contribution >= 0.6 is 0 Å². The zero-order valence-corrected chi connectivity index (χ0v) is 40.4. The van der Waals surface area contributed by atoms with Crippen LogP contribution in [0.25, 0.3) is 0 Å². The lowest BCUT2D eigenvalue weighted by Crippen LogP contribution is -2.30. The summed E-state index contributed by atoms with van der Waals surface area (Å²) in [7, 11) is 0. The van der Waals surface area contributed by atoms with Crippen molar-refractivity contribution in [3.8, 4) is 0 Å². The molecule has 6 nitrogen and oxygen atoms in total. The normalized spacial score (nSPS) is 12.5. The highest BCUT2D eigenvalue weighted by Crippen LogP contribution is 2.18. The van der Waals surface area contributed by atoms with Crippen LogP contribution in [0.15, 0.2) is 0 Å². The van der Waals surface area contributed by atoms with E-state index in [4.69, 9.17) is 14.2 Å². The highest BCUT2D eigenvalue weighted by Gasteiger charge is 2.19. The maximum atomic E-state index is 12.8. The molecule has 2 atom stereocenters. The highest BCUT2D eigenvalue weighted by molar-refractivity contribution is 5.71. The third-order valence-corrected chi connectivity index (χ3v) is 12.3. The van der Waals surface area contributed by atoms with Gasteiger partial charge in [-0.3, -0.25) is 14.4 Å². The monoisotopic (exact) mass is 835 g/mol. The molecule has 0 saturated carbocycles. The summed E-state index contributed by atoms with van der Waals surface area (Å²) in [5, 5.41) is 0. The number of ether oxygens (including phenoxy) is 3. The van der Waals surface area contributed by atoms with E-state index >= 15 is 0 Å². The molecule has 0 aliphatic heterocycles. The Hall–Kier alpha value is -1.59. The maximum absolute atomic E-state index is 12.8. The Labute approximate surface area is 368 Å². The summed E-state index contributed by atoms with van der Waals surface area (Å²) >= 11 is 0. The van der Waals surface area contributed by atoms with Crippen LogP contribution in [0, 0.1) is 11.8 Å². The molecule has 350 valence electrons. The lowest BCUT2D eigenvalue weighted by molar-refractivity contribution is -0.167. The van der Waals surface area contributed by atoms with E-state index in [1.165, 1.54) is 180 Å². The van der Waals surface area contributed by atoms with Crippen LogP contribution in [-0.4, -0.2) is 37.2 Å². The molecule has 0 amide bonds. The molecule has 0 bridgehead atoms. The molecule has 1 unspecified atom stereocenters. The third-order valence-electron chi connectivity index (χ3n) is 12.3. The minimum atomic E-state index is -0.762. The lowest BCUT2D eigenvalue weighted by Gasteiger charge is -2.18. The van der Waals surface area contributed by atoms with Gasteiger partial charge in [-0.15, -0.1) is 0 Å². The number of carbonyl (C=O) groups excluding carboxylic acids is 3. The summed E-state index contributed by atoms with van der Waals surface area (Å²) in [6, 6.07) is 0. The fourth-order valence-electron chi connectivity index (χ4n) is 7.96. The first-order valence-electron chi connectivity index (χ1n) is 26.3. The molecule has 0 aromatic heterocycles. The van der Waals surface area contributed by atoms with E-state index < -0.39 is 6.10 Å².